The van der Waals surface area contributed by atoms with Gasteiger partial charge in [-0.1, -0.05) is 35.4 Å². The van der Waals surface area contributed by atoms with E-state index in [9.17, 15) is 0 Å². The normalized spacial score (nSPS) is 13.2. The molecule has 0 spiro atoms. The van der Waals surface area contributed by atoms with E-state index in [1.54, 1.807) is 0 Å². The Labute approximate surface area is 168 Å². The van der Waals surface area contributed by atoms with Crippen LogP contribution in [-0.2, 0) is 20.0 Å². The Bertz CT molecular complexity index is 687. The van der Waals surface area contributed by atoms with Crippen molar-refractivity contribution in [3.63, 3.8) is 0 Å². The predicted molar refractivity (Wildman–Crippen MR) is 106 cm³/mol. The van der Waals surface area contributed by atoms with Gasteiger partial charge in [-0.2, -0.15) is 0 Å². The van der Waals surface area contributed by atoms with E-state index in [0.717, 1.165) is 0 Å². The molecule has 0 amide bonds. The van der Waals surface area contributed by atoms with E-state index in [0.29, 0.717) is 0 Å². The molecular weight excluding hydrogens is 424 g/mol. The van der Waals surface area contributed by atoms with Gasteiger partial charge in [-0.15, -0.1) is 6.67 Å². The van der Waals surface area contributed by atoms with Crippen LogP contribution in [-0.4, -0.2) is 0 Å². The van der Waals surface area contributed by atoms with Crippen LogP contribution in [0, 0.1) is 48.2 Å². The molecule has 0 N–H and O–H groups in total. The molecule has 0 aromatic heterocycles. The van der Waals surface area contributed by atoms with E-state index in [2.05, 4.69) is 124 Å². The Balaban J connectivity index is 0.00000109. The van der Waals surface area contributed by atoms with Crippen molar-refractivity contribution in [1.82, 2.24) is 0 Å². The summed E-state index contributed by atoms with van der Waals surface area (Å²) in [5, 5.41) is 0. The van der Waals surface area contributed by atoms with E-state index in [4.69, 9.17) is 0 Å². The van der Waals surface area contributed by atoms with Crippen LogP contribution in [0.4, 0.5) is 11.4 Å². The number of nitrogens with zero attached hydrogens (tertiary/aromatic N) is 2. The zero-order valence-electron chi connectivity index (χ0n) is 15.6. The number of anilines is 2. The fraction of sp³-hybridized carbons (Fsp3) is 0.286. The van der Waals surface area contributed by atoms with Crippen LogP contribution >= 0.6 is 9.19 Å². The fourth-order valence-electron chi connectivity index (χ4n) is 3.78. The SMILES string of the molecule is Cc1cc(C)c(N2C=CN(c3c(C)cc(C)cc3C)[CH-]2)c(C)c1.[Cl][Ag]. The van der Waals surface area contributed by atoms with Crippen molar-refractivity contribution in [2.24, 2.45) is 0 Å². The fourth-order valence-corrected chi connectivity index (χ4v) is 3.78. The predicted octanol–water partition coefficient (Wildman–Crippen LogP) is 6.14. The van der Waals surface area contributed by atoms with Crippen molar-refractivity contribution in [3.8, 4) is 0 Å². The van der Waals surface area contributed by atoms with Gasteiger partial charge in [0, 0.05) is 11.4 Å². The Morgan fingerprint density at radius 2 is 0.920 bits per heavy atom. The molecule has 0 unspecified atom stereocenters. The summed E-state index contributed by atoms with van der Waals surface area (Å²) in [6, 6.07) is 8.98. The topological polar surface area (TPSA) is 6.48 Å². The van der Waals surface area contributed by atoms with Gasteiger partial charge in [0.2, 0.25) is 0 Å². The summed E-state index contributed by atoms with van der Waals surface area (Å²) in [6.07, 6.45) is 4.28. The maximum absolute atomic E-state index is 4.45. The molecule has 1 heterocycles. The second kappa shape index (κ2) is 8.46. The van der Waals surface area contributed by atoms with Gasteiger partial charge in [-0.25, -0.2) is 0 Å². The Hall–Kier alpha value is -1.19. The molecule has 2 aromatic rings. The molecule has 0 bridgehead atoms. The Kier molecular flexibility index (Phi) is 6.81. The average Bonchev–Trinajstić information content (AvgIpc) is 2.96. The van der Waals surface area contributed by atoms with Gasteiger partial charge in [-0.05, 0) is 76.2 Å². The van der Waals surface area contributed by atoms with Gasteiger partial charge in [-0.3, -0.25) is 0 Å². The van der Waals surface area contributed by atoms with Crippen LogP contribution in [0.15, 0.2) is 36.7 Å². The molecule has 2 nitrogen and oxygen atoms in total. The second-order valence-corrected chi connectivity index (χ2v) is 6.72. The number of benzene rings is 2. The summed E-state index contributed by atoms with van der Waals surface area (Å²) in [7, 11) is 4.45. The Morgan fingerprint density at radius 3 is 1.20 bits per heavy atom. The first-order valence-corrected chi connectivity index (χ1v) is 10.1. The molecular formula is C21H25AgClN2-. The molecule has 1 aliphatic heterocycles. The minimum atomic E-state index is 1.27. The van der Waals surface area contributed by atoms with Crippen LogP contribution in [0.1, 0.15) is 33.4 Å². The molecule has 3 rings (SSSR count). The molecule has 0 fully saturated rings. The number of rotatable bonds is 2. The van der Waals surface area contributed by atoms with Gasteiger partial charge in [0.25, 0.3) is 0 Å². The molecule has 0 atom stereocenters. The number of hydrogen-bond acceptors (Lipinski definition) is 2. The average molecular weight is 449 g/mol. The van der Waals surface area contributed by atoms with E-state index in [-0.39, 0.29) is 0 Å². The maximum atomic E-state index is 4.45. The van der Waals surface area contributed by atoms with Gasteiger partial charge in [0.15, 0.2) is 0 Å². The molecule has 2 aromatic carbocycles. The van der Waals surface area contributed by atoms with Gasteiger partial charge < -0.3 is 9.80 Å². The molecule has 138 valence electrons. The van der Waals surface area contributed by atoms with Gasteiger partial charge in [0.05, 0.1) is 0 Å². The summed E-state index contributed by atoms with van der Waals surface area (Å²) >= 11 is 2.42. The summed E-state index contributed by atoms with van der Waals surface area (Å²) in [5.41, 5.74) is 10.4. The third-order valence-corrected chi connectivity index (χ3v) is 4.42. The minimum absolute atomic E-state index is 1.27. The third-order valence-electron chi connectivity index (χ3n) is 4.42. The second-order valence-electron chi connectivity index (χ2n) is 6.72. The van der Waals surface area contributed by atoms with Crippen molar-refractivity contribution in [1.29, 1.82) is 0 Å². The van der Waals surface area contributed by atoms with Crippen LogP contribution in [0.3, 0.4) is 0 Å². The molecule has 0 aliphatic carbocycles. The summed E-state index contributed by atoms with van der Waals surface area (Å²) in [6.45, 7) is 15.2. The number of halogens is 1. The molecule has 0 saturated carbocycles. The van der Waals surface area contributed by atoms with E-state index in [1.165, 1.54) is 44.8 Å². The molecule has 4 heteroatoms. The van der Waals surface area contributed by atoms with Crippen LogP contribution < -0.4 is 9.80 Å². The zero-order chi connectivity index (χ0) is 18.7. The van der Waals surface area contributed by atoms with E-state index >= 15 is 0 Å². The first-order chi connectivity index (χ1) is 11.9. The van der Waals surface area contributed by atoms with Crippen molar-refractivity contribution in [3.05, 3.63) is 76.7 Å². The number of aryl methyl sites for hydroxylation is 6. The molecule has 0 radical (unpaired) electrons. The van der Waals surface area contributed by atoms with E-state index < -0.39 is 0 Å². The van der Waals surface area contributed by atoms with Crippen LogP contribution in [0.2, 0.25) is 0 Å². The third kappa shape index (κ3) is 4.32. The first-order valence-electron chi connectivity index (χ1n) is 8.24. The van der Waals surface area contributed by atoms with Crippen molar-refractivity contribution in [2.45, 2.75) is 41.5 Å². The monoisotopic (exact) mass is 447 g/mol. The van der Waals surface area contributed by atoms with E-state index in [1.807, 2.05) is 0 Å². The van der Waals surface area contributed by atoms with Crippen molar-refractivity contribution >= 4 is 20.6 Å². The van der Waals surface area contributed by atoms with Crippen LogP contribution in [0.5, 0.6) is 0 Å². The molecule has 0 saturated heterocycles. The standard InChI is InChI=1S/C21H25N2.Ag.ClH/c1-14-9-16(3)20(17(4)10-14)22-7-8-23(13-22)21-18(5)11-15(2)12-19(21)6;;/h7-13H,1-6H3;;1H/q-1;+1;/p-1. The number of hydrogen-bond donors (Lipinski definition) is 0. The summed E-state index contributed by atoms with van der Waals surface area (Å²) in [4.78, 5) is 4.45. The van der Waals surface area contributed by atoms with Gasteiger partial charge in [0.1, 0.15) is 0 Å². The van der Waals surface area contributed by atoms with Crippen molar-refractivity contribution < 1.29 is 20.0 Å². The summed E-state index contributed by atoms with van der Waals surface area (Å²) < 4.78 is 0. The molecule has 1 aliphatic rings. The van der Waals surface area contributed by atoms with Gasteiger partial charge >= 0.3 is 29.2 Å². The summed E-state index contributed by atoms with van der Waals surface area (Å²) in [5.74, 6) is 0. The zero-order valence-corrected chi connectivity index (χ0v) is 17.9. The molecule has 25 heavy (non-hydrogen) atoms. The Morgan fingerprint density at radius 1 is 0.640 bits per heavy atom. The van der Waals surface area contributed by atoms with Crippen molar-refractivity contribution in [2.75, 3.05) is 9.80 Å². The van der Waals surface area contributed by atoms with Crippen LogP contribution in [0.25, 0.3) is 0 Å². The quantitative estimate of drug-likeness (QED) is 0.402. The first kappa shape index (κ1) is 20.1.